The van der Waals surface area contributed by atoms with Gasteiger partial charge >= 0.3 is 0 Å². The highest BCUT2D eigenvalue weighted by molar-refractivity contribution is 6.10. The summed E-state index contributed by atoms with van der Waals surface area (Å²) >= 11 is 0. The van der Waals surface area contributed by atoms with Crippen LogP contribution in [0.15, 0.2) is 54.2 Å². The zero-order valence-corrected chi connectivity index (χ0v) is 15.5. The van der Waals surface area contributed by atoms with E-state index in [1.165, 1.54) is 18.2 Å². The van der Waals surface area contributed by atoms with E-state index in [1.54, 1.807) is 30.5 Å². The highest BCUT2D eigenvalue weighted by Gasteiger charge is 2.24. The van der Waals surface area contributed by atoms with Gasteiger partial charge in [-0.15, -0.1) is 0 Å². The van der Waals surface area contributed by atoms with Crippen LogP contribution in [0.3, 0.4) is 0 Å². The average molecular weight is 402 g/mol. The molecule has 0 saturated heterocycles. The van der Waals surface area contributed by atoms with Gasteiger partial charge in [-0.1, -0.05) is 12.1 Å². The number of nitrogens with zero attached hydrogens (tertiary/aromatic N) is 3. The van der Waals surface area contributed by atoms with Crippen LogP contribution < -0.4 is 14.8 Å². The minimum atomic E-state index is -0.774. The minimum absolute atomic E-state index is 0.0851. The Bertz CT molecular complexity index is 1250. The summed E-state index contributed by atoms with van der Waals surface area (Å²) in [5.41, 5.74) is 0.755. The number of nitro groups is 1. The zero-order valence-electron chi connectivity index (χ0n) is 15.5. The molecule has 1 amide bonds. The molecule has 3 aromatic rings. The lowest BCUT2D eigenvalue weighted by Crippen LogP contribution is -2.18. The molecule has 4 rings (SSSR count). The molecule has 1 aromatic heterocycles. The summed E-state index contributed by atoms with van der Waals surface area (Å²) in [4.78, 5) is 27.6. The van der Waals surface area contributed by atoms with Gasteiger partial charge in [0.1, 0.15) is 30.5 Å². The van der Waals surface area contributed by atoms with Crippen LogP contribution in [0.1, 0.15) is 5.56 Å². The molecule has 2 heterocycles. The number of benzene rings is 2. The van der Waals surface area contributed by atoms with E-state index in [0.717, 1.165) is 10.9 Å². The maximum absolute atomic E-state index is 12.6. The second-order valence-corrected chi connectivity index (χ2v) is 6.35. The van der Waals surface area contributed by atoms with Crippen molar-refractivity contribution in [3.05, 3.63) is 69.9 Å². The van der Waals surface area contributed by atoms with Crippen LogP contribution >= 0.6 is 0 Å². The fourth-order valence-electron chi connectivity index (χ4n) is 3.02. The Morgan fingerprint density at radius 1 is 1.20 bits per heavy atom. The van der Waals surface area contributed by atoms with Gasteiger partial charge in [0.2, 0.25) is 0 Å². The van der Waals surface area contributed by atoms with Crippen molar-refractivity contribution in [2.45, 2.75) is 0 Å². The van der Waals surface area contributed by atoms with Crippen LogP contribution in [0.5, 0.6) is 11.5 Å². The molecular formula is C21H14N4O5. The Morgan fingerprint density at radius 2 is 1.97 bits per heavy atom. The van der Waals surface area contributed by atoms with E-state index < -0.39 is 10.8 Å². The van der Waals surface area contributed by atoms with E-state index in [2.05, 4.69) is 10.3 Å². The number of aromatic nitrogens is 1. The summed E-state index contributed by atoms with van der Waals surface area (Å²) in [6, 6.07) is 13.3. The molecule has 0 radical (unpaired) electrons. The number of fused-ring (bicyclic) bond motifs is 2. The van der Waals surface area contributed by atoms with Crippen molar-refractivity contribution >= 4 is 34.3 Å². The third-order valence-corrected chi connectivity index (χ3v) is 4.41. The highest BCUT2D eigenvalue weighted by atomic mass is 16.6. The lowest BCUT2D eigenvalue weighted by Gasteiger charge is -2.19. The molecule has 30 heavy (non-hydrogen) atoms. The van der Waals surface area contributed by atoms with Gasteiger partial charge in [0, 0.05) is 17.6 Å². The van der Waals surface area contributed by atoms with Crippen molar-refractivity contribution in [3.8, 4) is 17.6 Å². The number of nitriles is 1. The quantitative estimate of drug-likeness (QED) is 0.306. The van der Waals surface area contributed by atoms with Crippen molar-refractivity contribution in [3.63, 3.8) is 0 Å². The van der Waals surface area contributed by atoms with Gasteiger partial charge < -0.3 is 14.8 Å². The van der Waals surface area contributed by atoms with Crippen molar-refractivity contribution in [2.75, 3.05) is 18.5 Å². The molecule has 1 aliphatic rings. The van der Waals surface area contributed by atoms with Crippen molar-refractivity contribution in [2.24, 2.45) is 0 Å². The lowest BCUT2D eigenvalue weighted by molar-refractivity contribution is -0.384. The fourth-order valence-corrected chi connectivity index (χ4v) is 3.02. The molecule has 148 valence electrons. The Kier molecular flexibility index (Phi) is 4.97. The number of nitrogens with one attached hydrogen (secondary N) is 1. The fraction of sp³-hybridized carbons (Fsp3) is 0.0952. The van der Waals surface area contributed by atoms with E-state index in [9.17, 15) is 20.2 Å². The standard InChI is InChI=1S/C21H14N4O5/c22-12-15(9-13-3-4-16-14(8-13)2-1-5-23-16)21(26)24-17-10-19-20(30-7-6-29-19)11-18(17)25(27)28/h1-5,8-11H,6-7H2,(H,24,26)/b15-9-. The monoisotopic (exact) mass is 402 g/mol. The van der Waals surface area contributed by atoms with Crippen molar-refractivity contribution in [1.29, 1.82) is 5.26 Å². The topological polar surface area (TPSA) is 127 Å². The summed E-state index contributed by atoms with van der Waals surface area (Å²) < 4.78 is 10.8. The third kappa shape index (κ3) is 3.74. The molecule has 0 aliphatic carbocycles. The maximum Gasteiger partial charge on any atom is 0.296 e. The van der Waals surface area contributed by atoms with Crippen molar-refractivity contribution in [1.82, 2.24) is 4.98 Å². The van der Waals surface area contributed by atoms with Gasteiger partial charge in [0.05, 0.1) is 16.5 Å². The predicted octanol–water partition coefficient (Wildman–Crippen LogP) is 3.46. The average Bonchev–Trinajstić information content (AvgIpc) is 2.76. The van der Waals surface area contributed by atoms with Crippen LogP contribution in [0.2, 0.25) is 0 Å². The van der Waals surface area contributed by atoms with E-state index in [1.807, 2.05) is 12.1 Å². The van der Waals surface area contributed by atoms with Gasteiger partial charge in [-0.2, -0.15) is 5.26 Å². The molecule has 0 fully saturated rings. The van der Waals surface area contributed by atoms with Gasteiger partial charge in [-0.25, -0.2) is 0 Å². The number of hydrogen-bond donors (Lipinski definition) is 1. The summed E-state index contributed by atoms with van der Waals surface area (Å²) in [5, 5.41) is 24.2. The Hall–Kier alpha value is -4.45. The molecule has 9 nitrogen and oxygen atoms in total. The maximum atomic E-state index is 12.6. The van der Waals surface area contributed by atoms with E-state index in [4.69, 9.17) is 9.47 Å². The number of carbonyl (C=O) groups excluding carboxylic acids is 1. The molecule has 1 aliphatic heterocycles. The highest BCUT2D eigenvalue weighted by Crippen LogP contribution is 2.39. The first kappa shape index (κ1) is 18.9. The number of rotatable bonds is 4. The van der Waals surface area contributed by atoms with Crippen LogP contribution in [-0.4, -0.2) is 29.0 Å². The molecule has 0 saturated carbocycles. The molecule has 0 atom stereocenters. The number of amides is 1. The first-order chi connectivity index (χ1) is 14.5. The normalized spacial score (nSPS) is 12.8. The van der Waals surface area contributed by atoms with E-state index in [-0.39, 0.29) is 35.1 Å². The minimum Gasteiger partial charge on any atom is -0.486 e. The van der Waals surface area contributed by atoms with Crippen molar-refractivity contribution < 1.29 is 19.2 Å². The first-order valence-corrected chi connectivity index (χ1v) is 8.91. The number of pyridine rings is 1. The second kappa shape index (κ2) is 7.89. The molecule has 9 heteroatoms. The summed E-state index contributed by atoms with van der Waals surface area (Å²) in [7, 11) is 0. The summed E-state index contributed by atoms with van der Waals surface area (Å²) in [5.74, 6) is -0.262. The van der Waals surface area contributed by atoms with Crippen LogP contribution in [0.4, 0.5) is 11.4 Å². The van der Waals surface area contributed by atoms with Crippen LogP contribution in [0, 0.1) is 21.4 Å². The second-order valence-electron chi connectivity index (χ2n) is 6.35. The Labute approximate surface area is 170 Å². The number of hydrogen-bond acceptors (Lipinski definition) is 7. The van der Waals surface area contributed by atoms with Crippen LogP contribution in [-0.2, 0) is 4.79 Å². The molecule has 2 aromatic carbocycles. The molecule has 0 unspecified atom stereocenters. The van der Waals surface area contributed by atoms with E-state index in [0.29, 0.717) is 12.2 Å². The number of nitro benzene ring substituents is 1. The van der Waals surface area contributed by atoms with Gasteiger partial charge in [-0.05, 0) is 29.8 Å². The lowest BCUT2D eigenvalue weighted by atomic mass is 10.1. The summed E-state index contributed by atoms with van der Waals surface area (Å²) in [6.45, 7) is 0.566. The number of anilines is 1. The molecule has 0 spiro atoms. The first-order valence-electron chi connectivity index (χ1n) is 8.91. The Balaban J connectivity index is 1.65. The third-order valence-electron chi connectivity index (χ3n) is 4.41. The van der Waals surface area contributed by atoms with E-state index >= 15 is 0 Å². The van der Waals surface area contributed by atoms with Gasteiger partial charge in [0.15, 0.2) is 11.5 Å². The number of ether oxygens (including phenoxy) is 2. The zero-order chi connectivity index (χ0) is 21.1. The Morgan fingerprint density at radius 3 is 2.70 bits per heavy atom. The smallest absolute Gasteiger partial charge is 0.296 e. The predicted molar refractivity (Wildman–Crippen MR) is 108 cm³/mol. The molecular weight excluding hydrogens is 388 g/mol. The molecule has 0 bridgehead atoms. The summed E-state index contributed by atoms with van der Waals surface area (Å²) in [6.07, 6.45) is 3.08. The van der Waals surface area contributed by atoms with Gasteiger partial charge in [-0.3, -0.25) is 19.9 Å². The number of carbonyl (C=O) groups is 1. The van der Waals surface area contributed by atoms with Gasteiger partial charge in [0.25, 0.3) is 11.6 Å². The molecule has 1 N–H and O–H groups in total. The largest absolute Gasteiger partial charge is 0.486 e. The van der Waals surface area contributed by atoms with Crippen LogP contribution in [0.25, 0.3) is 17.0 Å². The SMILES string of the molecule is N#C/C(=C/c1ccc2ncccc2c1)C(=O)Nc1cc2c(cc1[N+](=O)[O-])OCCO2.